The molecular weight excluding hydrogens is 388 g/mol. The van der Waals surface area contributed by atoms with Gasteiger partial charge in [-0.15, -0.1) is 0 Å². The van der Waals surface area contributed by atoms with Crippen molar-refractivity contribution in [2.45, 2.75) is 37.1 Å². The van der Waals surface area contributed by atoms with E-state index in [0.29, 0.717) is 18.7 Å². The Hall–Kier alpha value is -2.38. The number of rotatable bonds is 6. The number of methoxy groups -OCH3 is 1. The number of carbonyl (C=O) groups excluding carboxylic acids is 1. The van der Waals surface area contributed by atoms with Crippen LogP contribution < -0.4 is 4.74 Å². The summed E-state index contributed by atoms with van der Waals surface area (Å²) in [5.74, 6) is 0.106. The predicted molar refractivity (Wildman–Crippen MR) is 112 cm³/mol. The topological polar surface area (TPSA) is 66.9 Å². The Morgan fingerprint density at radius 2 is 1.69 bits per heavy atom. The highest BCUT2D eigenvalue weighted by atomic mass is 32.2. The molecular formula is C22H28N2O4S. The van der Waals surface area contributed by atoms with Gasteiger partial charge < -0.3 is 9.64 Å². The van der Waals surface area contributed by atoms with Crippen LogP contribution in [0.2, 0.25) is 0 Å². The molecule has 0 atom stereocenters. The highest BCUT2D eigenvalue weighted by Crippen LogP contribution is 2.29. The maximum absolute atomic E-state index is 13.2. The van der Waals surface area contributed by atoms with Crippen LogP contribution in [0.1, 0.15) is 41.6 Å². The lowest BCUT2D eigenvalue weighted by atomic mass is 10.2. The fourth-order valence-corrected chi connectivity index (χ4v) is 4.90. The number of sulfonamides is 1. The first-order valence-corrected chi connectivity index (χ1v) is 11.3. The van der Waals surface area contributed by atoms with Crippen LogP contribution in [-0.4, -0.2) is 50.8 Å². The third-order valence-electron chi connectivity index (χ3n) is 5.24. The van der Waals surface area contributed by atoms with Gasteiger partial charge in [0.2, 0.25) is 10.0 Å². The zero-order chi connectivity index (χ0) is 20.9. The molecule has 1 aliphatic rings. The predicted octanol–water partition coefficient (Wildman–Crippen LogP) is 3.53. The molecule has 1 aliphatic heterocycles. The standard InChI is InChI=1S/C22H28N2O4S/c1-23(17-18-10-6-5-7-11-18)29(26,27)21-16-19(12-13-20(21)28-2)22(25)24-14-8-3-4-9-15-24/h5-7,10-13,16H,3-4,8-9,14-15,17H2,1-2H3. The lowest BCUT2D eigenvalue weighted by Gasteiger charge is -2.22. The van der Waals surface area contributed by atoms with Crippen molar-refractivity contribution in [3.8, 4) is 5.75 Å². The fraction of sp³-hybridized carbons (Fsp3) is 0.409. The number of likely N-dealkylation sites (tertiary alicyclic amines) is 1. The summed E-state index contributed by atoms with van der Waals surface area (Å²) in [7, 11) is -0.871. The fourth-order valence-electron chi connectivity index (χ4n) is 3.56. The summed E-state index contributed by atoms with van der Waals surface area (Å²) >= 11 is 0. The van der Waals surface area contributed by atoms with Gasteiger partial charge in [0.1, 0.15) is 10.6 Å². The second kappa shape index (κ2) is 9.41. The van der Waals surface area contributed by atoms with Crippen molar-refractivity contribution in [2.24, 2.45) is 0 Å². The smallest absolute Gasteiger partial charge is 0.253 e. The van der Waals surface area contributed by atoms with Crippen LogP contribution in [-0.2, 0) is 16.6 Å². The lowest BCUT2D eigenvalue weighted by molar-refractivity contribution is 0.0761. The average molecular weight is 417 g/mol. The van der Waals surface area contributed by atoms with Gasteiger partial charge in [0, 0.05) is 32.2 Å². The molecule has 1 saturated heterocycles. The van der Waals surface area contributed by atoms with Crippen molar-refractivity contribution >= 4 is 15.9 Å². The minimum absolute atomic E-state index is 0.0131. The van der Waals surface area contributed by atoms with E-state index in [4.69, 9.17) is 4.74 Å². The van der Waals surface area contributed by atoms with E-state index < -0.39 is 10.0 Å². The zero-order valence-corrected chi connectivity index (χ0v) is 17.8. The van der Waals surface area contributed by atoms with Crippen LogP contribution in [0.15, 0.2) is 53.4 Å². The largest absolute Gasteiger partial charge is 0.495 e. The highest BCUT2D eigenvalue weighted by molar-refractivity contribution is 7.89. The number of carbonyl (C=O) groups is 1. The number of hydrogen-bond donors (Lipinski definition) is 0. The first-order chi connectivity index (χ1) is 13.9. The number of nitrogens with zero attached hydrogens (tertiary/aromatic N) is 2. The summed E-state index contributed by atoms with van der Waals surface area (Å²) in [5, 5.41) is 0. The summed E-state index contributed by atoms with van der Waals surface area (Å²) in [6.07, 6.45) is 4.20. The quantitative estimate of drug-likeness (QED) is 0.723. The second-order valence-electron chi connectivity index (χ2n) is 7.32. The average Bonchev–Trinajstić information content (AvgIpc) is 3.03. The maximum atomic E-state index is 13.2. The van der Waals surface area contributed by atoms with E-state index in [9.17, 15) is 13.2 Å². The summed E-state index contributed by atoms with van der Waals surface area (Å²) in [4.78, 5) is 14.8. The van der Waals surface area contributed by atoms with E-state index in [1.165, 1.54) is 24.5 Å². The van der Waals surface area contributed by atoms with Crippen molar-refractivity contribution in [1.29, 1.82) is 0 Å². The Morgan fingerprint density at radius 1 is 1.03 bits per heavy atom. The SMILES string of the molecule is COc1ccc(C(=O)N2CCCCCC2)cc1S(=O)(=O)N(C)Cc1ccccc1. The van der Waals surface area contributed by atoms with Gasteiger partial charge in [-0.25, -0.2) is 8.42 Å². The van der Waals surface area contributed by atoms with Gasteiger partial charge in [0.25, 0.3) is 5.91 Å². The van der Waals surface area contributed by atoms with Crippen LogP contribution >= 0.6 is 0 Å². The normalized spacial score (nSPS) is 15.2. The molecule has 0 unspecified atom stereocenters. The molecule has 0 aromatic heterocycles. The molecule has 1 fully saturated rings. The third-order valence-corrected chi connectivity index (χ3v) is 7.06. The zero-order valence-electron chi connectivity index (χ0n) is 17.0. The summed E-state index contributed by atoms with van der Waals surface area (Å²) in [6, 6.07) is 14.0. The van der Waals surface area contributed by atoms with Gasteiger partial charge in [0.05, 0.1) is 7.11 Å². The molecule has 0 saturated carbocycles. The molecule has 0 spiro atoms. The maximum Gasteiger partial charge on any atom is 0.253 e. The number of hydrogen-bond acceptors (Lipinski definition) is 4. The van der Waals surface area contributed by atoms with Crippen LogP contribution in [0.3, 0.4) is 0 Å². The van der Waals surface area contributed by atoms with Crippen LogP contribution in [0, 0.1) is 0 Å². The first-order valence-electron chi connectivity index (χ1n) is 9.91. The van der Waals surface area contributed by atoms with E-state index in [1.54, 1.807) is 12.1 Å². The molecule has 0 radical (unpaired) electrons. The van der Waals surface area contributed by atoms with E-state index in [2.05, 4.69) is 0 Å². The summed E-state index contributed by atoms with van der Waals surface area (Å²) < 4.78 is 33.1. The van der Waals surface area contributed by atoms with Crippen LogP contribution in [0.4, 0.5) is 0 Å². The molecule has 1 heterocycles. The molecule has 0 N–H and O–H groups in total. The van der Waals surface area contributed by atoms with Gasteiger partial charge in [-0.3, -0.25) is 4.79 Å². The van der Waals surface area contributed by atoms with E-state index in [-0.39, 0.29) is 23.1 Å². The molecule has 7 heteroatoms. The van der Waals surface area contributed by atoms with Gasteiger partial charge >= 0.3 is 0 Å². The number of benzene rings is 2. The Morgan fingerprint density at radius 3 is 2.31 bits per heavy atom. The molecule has 156 valence electrons. The molecule has 2 aromatic rings. The van der Waals surface area contributed by atoms with Crippen molar-refractivity contribution in [3.05, 3.63) is 59.7 Å². The Labute approximate surface area is 173 Å². The number of amides is 1. The van der Waals surface area contributed by atoms with Gasteiger partial charge in [-0.2, -0.15) is 4.31 Å². The van der Waals surface area contributed by atoms with Crippen LogP contribution in [0.25, 0.3) is 0 Å². The molecule has 1 amide bonds. The van der Waals surface area contributed by atoms with E-state index >= 15 is 0 Å². The second-order valence-corrected chi connectivity index (χ2v) is 9.33. The van der Waals surface area contributed by atoms with Gasteiger partial charge in [-0.05, 0) is 36.6 Å². The van der Waals surface area contributed by atoms with E-state index in [0.717, 1.165) is 31.2 Å². The molecule has 2 aromatic carbocycles. The summed E-state index contributed by atoms with van der Waals surface area (Å²) in [5.41, 5.74) is 1.26. The molecule has 3 rings (SSSR count). The minimum Gasteiger partial charge on any atom is -0.495 e. The van der Waals surface area contributed by atoms with Gasteiger partial charge in [-0.1, -0.05) is 43.2 Å². The molecule has 0 bridgehead atoms. The van der Waals surface area contributed by atoms with Crippen molar-refractivity contribution < 1.29 is 17.9 Å². The third kappa shape index (κ3) is 4.97. The monoisotopic (exact) mass is 416 g/mol. The lowest BCUT2D eigenvalue weighted by Crippen LogP contribution is -2.32. The van der Waals surface area contributed by atoms with E-state index in [1.807, 2.05) is 35.2 Å². The minimum atomic E-state index is -3.84. The highest BCUT2D eigenvalue weighted by Gasteiger charge is 2.27. The summed E-state index contributed by atoms with van der Waals surface area (Å²) in [6.45, 7) is 1.65. The van der Waals surface area contributed by atoms with Crippen molar-refractivity contribution in [1.82, 2.24) is 9.21 Å². The number of ether oxygens (including phenoxy) is 1. The Bertz CT molecular complexity index is 937. The molecule has 29 heavy (non-hydrogen) atoms. The first kappa shape index (κ1) is 21.3. The van der Waals surface area contributed by atoms with Crippen molar-refractivity contribution in [3.63, 3.8) is 0 Å². The molecule has 0 aliphatic carbocycles. The van der Waals surface area contributed by atoms with Gasteiger partial charge in [0.15, 0.2) is 0 Å². The Kier molecular flexibility index (Phi) is 6.92. The van der Waals surface area contributed by atoms with Crippen molar-refractivity contribution in [2.75, 3.05) is 27.2 Å². The molecule has 6 nitrogen and oxygen atoms in total. The Balaban J connectivity index is 1.90. The van der Waals surface area contributed by atoms with Crippen LogP contribution in [0.5, 0.6) is 5.75 Å².